The van der Waals surface area contributed by atoms with Gasteiger partial charge in [0, 0.05) is 24.6 Å². The maximum Gasteiger partial charge on any atom is 0.226 e. The Morgan fingerprint density at radius 1 is 1.35 bits per heavy atom. The maximum absolute atomic E-state index is 12.6. The highest BCUT2D eigenvalue weighted by Gasteiger charge is 2.26. The van der Waals surface area contributed by atoms with Crippen molar-refractivity contribution in [1.82, 2.24) is 20.1 Å². The molecule has 0 unspecified atom stereocenters. The van der Waals surface area contributed by atoms with Gasteiger partial charge in [0.2, 0.25) is 11.7 Å². The molecule has 0 fully saturated rings. The van der Waals surface area contributed by atoms with E-state index >= 15 is 0 Å². The summed E-state index contributed by atoms with van der Waals surface area (Å²) in [5, 5.41) is 4.05. The summed E-state index contributed by atoms with van der Waals surface area (Å²) in [6.07, 6.45) is 6.26. The van der Waals surface area contributed by atoms with Crippen LogP contribution < -0.4 is 0 Å². The largest absolute Gasteiger partial charge is 0.339 e. The Bertz CT molecular complexity index is 964. The average Bonchev–Trinajstić information content (AvgIpc) is 3.29. The van der Waals surface area contributed by atoms with Gasteiger partial charge in [-0.05, 0) is 48.4 Å². The number of aryl methyl sites for hydroxylation is 3. The topological polar surface area (TPSA) is 81.8 Å². The Kier molecular flexibility index (Phi) is 4.32. The molecule has 0 saturated heterocycles. The molecule has 1 aromatic carbocycles. The third kappa shape index (κ3) is 3.03. The van der Waals surface area contributed by atoms with E-state index in [-0.39, 0.29) is 11.7 Å². The lowest BCUT2D eigenvalue weighted by Crippen LogP contribution is -2.09. The first kappa shape index (κ1) is 16.6. The van der Waals surface area contributed by atoms with Crippen LogP contribution in [0.25, 0.3) is 11.4 Å². The standard InChI is InChI=1S/C20H20N4O2/c1-3-18-23-20(24-26-18)15-6-7-16-13(8-15)4-5-14(16)9-17(25)19-12(2)10-21-11-22-19/h6-8,10-11,14H,3-5,9H2,1-2H3/t14-/m0/s1. The van der Waals surface area contributed by atoms with Gasteiger partial charge in [-0.3, -0.25) is 4.79 Å². The average molecular weight is 348 g/mol. The number of fused-ring (bicyclic) bond motifs is 1. The lowest BCUT2D eigenvalue weighted by Gasteiger charge is -2.11. The number of benzene rings is 1. The zero-order valence-corrected chi connectivity index (χ0v) is 14.9. The molecule has 2 heterocycles. The maximum atomic E-state index is 12.6. The fourth-order valence-corrected chi connectivity index (χ4v) is 3.58. The van der Waals surface area contributed by atoms with Crippen LogP contribution in [0.5, 0.6) is 0 Å². The highest BCUT2D eigenvalue weighted by molar-refractivity contribution is 5.96. The zero-order chi connectivity index (χ0) is 18.1. The number of ketones is 1. The zero-order valence-electron chi connectivity index (χ0n) is 14.9. The lowest BCUT2D eigenvalue weighted by atomic mass is 9.93. The minimum atomic E-state index is 0.0811. The molecule has 1 aliphatic rings. The van der Waals surface area contributed by atoms with Crippen molar-refractivity contribution in [2.24, 2.45) is 0 Å². The van der Waals surface area contributed by atoms with E-state index in [1.807, 2.05) is 19.9 Å². The van der Waals surface area contributed by atoms with E-state index in [2.05, 4.69) is 32.2 Å². The van der Waals surface area contributed by atoms with Gasteiger partial charge in [-0.25, -0.2) is 9.97 Å². The molecule has 0 spiro atoms. The third-order valence-electron chi connectivity index (χ3n) is 4.96. The van der Waals surface area contributed by atoms with Crippen molar-refractivity contribution in [2.75, 3.05) is 0 Å². The number of carbonyl (C=O) groups is 1. The van der Waals surface area contributed by atoms with Crippen LogP contribution in [0.3, 0.4) is 0 Å². The van der Waals surface area contributed by atoms with Crippen LogP contribution in [0, 0.1) is 6.92 Å². The number of carbonyl (C=O) groups excluding carboxylic acids is 1. The first-order valence-corrected chi connectivity index (χ1v) is 8.91. The van der Waals surface area contributed by atoms with Gasteiger partial charge in [-0.1, -0.05) is 24.2 Å². The van der Waals surface area contributed by atoms with Crippen molar-refractivity contribution in [3.05, 3.63) is 59.0 Å². The number of hydrogen-bond donors (Lipinski definition) is 0. The van der Waals surface area contributed by atoms with Crippen LogP contribution in [0.15, 0.2) is 35.2 Å². The van der Waals surface area contributed by atoms with Crippen LogP contribution in [0.4, 0.5) is 0 Å². The van der Waals surface area contributed by atoms with E-state index in [1.165, 1.54) is 17.5 Å². The minimum Gasteiger partial charge on any atom is -0.339 e. The normalized spacial score (nSPS) is 15.8. The highest BCUT2D eigenvalue weighted by Crippen LogP contribution is 2.38. The SMILES string of the molecule is CCc1nc(-c2ccc3c(c2)CC[C@H]3CC(=O)c2ncncc2C)no1. The summed E-state index contributed by atoms with van der Waals surface area (Å²) >= 11 is 0. The predicted octanol–water partition coefficient (Wildman–Crippen LogP) is 3.70. The predicted molar refractivity (Wildman–Crippen MR) is 95.9 cm³/mol. The molecule has 6 heteroatoms. The van der Waals surface area contributed by atoms with Crippen molar-refractivity contribution in [3.8, 4) is 11.4 Å². The summed E-state index contributed by atoms with van der Waals surface area (Å²) in [4.78, 5) is 25.1. The molecule has 0 N–H and O–H groups in total. The molecule has 0 aliphatic heterocycles. The molecular formula is C20H20N4O2. The smallest absolute Gasteiger partial charge is 0.226 e. The summed E-state index contributed by atoms with van der Waals surface area (Å²) in [6, 6.07) is 6.24. The Balaban J connectivity index is 1.55. The van der Waals surface area contributed by atoms with E-state index in [9.17, 15) is 4.79 Å². The van der Waals surface area contributed by atoms with Crippen molar-refractivity contribution >= 4 is 5.78 Å². The van der Waals surface area contributed by atoms with Gasteiger partial charge < -0.3 is 4.52 Å². The Morgan fingerprint density at radius 2 is 2.23 bits per heavy atom. The fourth-order valence-electron chi connectivity index (χ4n) is 3.58. The first-order valence-electron chi connectivity index (χ1n) is 8.91. The molecular weight excluding hydrogens is 328 g/mol. The number of nitrogens with zero attached hydrogens (tertiary/aromatic N) is 4. The van der Waals surface area contributed by atoms with E-state index in [1.54, 1.807) is 6.20 Å². The molecule has 0 radical (unpaired) electrons. The molecule has 132 valence electrons. The van der Waals surface area contributed by atoms with Crippen LogP contribution in [0.1, 0.15) is 58.8 Å². The summed E-state index contributed by atoms with van der Waals surface area (Å²) in [5.74, 6) is 1.58. The quantitative estimate of drug-likeness (QED) is 0.654. The molecule has 26 heavy (non-hydrogen) atoms. The van der Waals surface area contributed by atoms with E-state index < -0.39 is 0 Å². The van der Waals surface area contributed by atoms with Crippen molar-refractivity contribution < 1.29 is 9.32 Å². The van der Waals surface area contributed by atoms with E-state index in [0.29, 0.717) is 23.8 Å². The van der Waals surface area contributed by atoms with Gasteiger partial charge in [0.25, 0.3) is 0 Å². The molecule has 0 bridgehead atoms. The van der Waals surface area contributed by atoms with Gasteiger partial charge in [0.15, 0.2) is 5.78 Å². The molecule has 2 aromatic heterocycles. The number of hydrogen-bond acceptors (Lipinski definition) is 6. The number of aromatic nitrogens is 4. The Hall–Kier alpha value is -2.89. The second-order valence-electron chi connectivity index (χ2n) is 6.70. The first-order chi connectivity index (χ1) is 12.7. The van der Waals surface area contributed by atoms with Crippen molar-refractivity contribution in [3.63, 3.8) is 0 Å². The summed E-state index contributed by atoms with van der Waals surface area (Å²) in [6.45, 7) is 3.86. The lowest BCUT2D eigenvalue weighted by molar-refractivity contribution is 0.0968. The molecule has 1 aliphatic carbocycles. The van der Waals surface area contributed by atoms with Gasteiger partial charge in [0.1, 0.15) is 12.0 Å². The van der Waals surface area contributed by atoms with Gasteiger partial charge >= 0.3 is 0 Å². The molecule has 0 amide bonds. The Morgan fingerprint density at radius 3 is 3.00 bits per heavy atom. The van der Waals surface area contributed by atoms with Gasteiger partial charge in [-0.2, -0.15) is 4.98 Å². The summed E-state index contributed by atoms with van der Waals surface area (Å²) in [7, 11) is 0. The third-order valence-corrected chi connectivity index (χ3v) is 4.96. The highest BCUT2D eigenvalue weighted by atomic mass is 16.5. The number of Topliss-reactive ketones (excluding diaryl/α,β-unsaturated/α-hetero) is 1. The van der Waals surface area contributed by atoms with Crippen molar-refractivity contribution in [2.45, 2.75) is 45.4 Å². The second kappa shape index (κ2) is 6.78. The molecule has 6 nitrogen and oxygen atoms in total. The summed E-state index contributed by atoms with van der Waals surface area (Å²) < 4.78 is 5.20. The van der Waals surface area contributed by atoms with Crippen LogP contribution in [0.2, 0.25) is 0 Å². The van der Waals surface area contributed by atoms with Gasteiger partial charge in [0.05, 0.1) is 0 Å². The fraction of sp³-hybridized carbons (Fsp3) is 0.350. The second-order valence-corrected chi connectivity index (χ2v) is 6.70. The van der Waals surface area contributed by atoms with Crippen LogP contribution >= 0.6 is 0 Å². The molecule has 4 rings (SSSR count). The molecule has 1 atom stereocenters. The summed E-state index contributed by atoms with van der Waals surface area (Å²) in [5.41, 5.74) is 4.83. The monoisotopic (exact) mass is 348 g/mol. The number of rotatable bonds is 5. The van der Waals surface area contributed by atoms with Gasteiger partial charge in [-0.15, -0.1) is 0 Å². The van der Waals surface area contributed by atoms with Crippen molar-refractivity contribution in [1.29, 1.82) is 0 Å². The van der Waals surface area contributed by atoms with Crippen LogP contribution in [-0.2, 0) is 12.8 Å². The Labute approximate surface area is 151 Å². The molecule has 0 saturated carbocycles. The molecule has 3 aromatic rings. The van der Waals surface area contributed by atoms with Crippen LogP contribution in [-0.4, -0.2) is 25.9 Å². The minimum absolute atomic E-state index is 0.0811. The van der Waals surface area contributed by atoms with E-state index in [0.717, 1.165) is 30.4 Å². The van der Waals surface area contributed by atoms with E-state index in [4.69, 9.17) is 4.52 Å².